The maximum Gasteiger partial charge on any atom is 0.316 e. The molecular formula is C18H16FNO3S. The number of benzene rings is 2. The molecule has 6 heteroatoms. The number of esters is 1. The molecule has 1 atom stereocenters. The normalized spacial score (nSPS) is 17.2. The van der Waals surface area contributed by atoms with Crippen LogP contribution in [0.1, 0.15) is 6.42 Å². The first kappa shape index (κ1) is 16.5. The predicted octanol–water partition coefficient (Wildman–Crippen LogP) is 3.51. The first-order valence-corrected chi connectivity index (χ1v) is 8.71. The van der Waals surface area contributed by atoms with Gasteiger partial charge in [0.1, 0.15) is 11.6 Å². The van der Waals surface area contributed by atoms with E-state index in [0.717, 1.165) is 4.90 Å². The molecule has 0 aliphatic carbocycles. The van der Waals surface area contributed by atoms with Gasteiger partial charge in [0, 0.05) is 17.9 Å². The van der Waals surface area contributed by atoms with Crippen molar-refractivity contribution in [2.24, 2.45) is 5.92 Å². The van der Waals surface area contributed by atoms with E-state index in [1.54, 1.807) is 36.0 Å². The summed E-state index contributed by atoms with van der Waals surface area (Å²) < 4.78 is 19.2. The van der Waals surface area contributed by atoms with Crippen molar-refractivity contribution in [3.63, 3.8) is 0 Å². The number of carbonyl (C=O) groups excluding carboxylic acids is 2. The molecule has 4 nitrogen and oxygen atoms in total. The number of hydrogen-bond acceptors (Lipinski definition) is 4. The molecule has 3 rings (SSSR count). The number of ether oxygens (including phenoxy) is 1. The number of hydrogen-bond donors (Lipinski definition) is 0. The van der Waals surface area contributed by atoms with E-state index in [2.05, 4.69) is 0 Å². The van der Waals surface area contributed by atoms with Gasteiger partial charge in [-0.05, 0) is 42.7 Å². The third kappa shape index (κ3) is 3.43. The van der Waals surface area contributed by atoms with E-state index in [9.17, 15) is 14.0 Å². The Labute approximate surface area is 143 Å². The molecule has 24 heavy (non-hydrogen) atoms. The lowest BCUT2D eigenvalue weighted by atomic mass is 10.1. The van der Waals surface area contributed by atoms with Crippen molar-refractivity contribution in [1.82, 2.24) is 0 Å². The second-order valence-electron chi connectivity index (χ2n) is 5.45. The zero-order valence-electron chi connectivity index (χ0n) is 13.1. The van der Waals surface area contributed by atoms with Gasteiger partial charge in [0.05, 0.1) is 11.6 Å². The van der Waals surface area contributed by atoms with Crippen molar-refractivity contribution < 1.29 is 18.7 Å². The van der Waals surface area contributed by atoms with Crippen LogP contribution in [0.5, 0.6) is 5.75 Å². The van der Waals surface area contributed by atoms with Crippen molar-refractivity contribution in [1.29, 1.82) is 0 Å². The van der Waals surface area contributed by atoms with Crippen LogP contribution in [-0.2, 0) is 9.59 Å². The van der Waals surface area contributed by atoms with Crippen molar-refractivity contribution >= 4 is 29.3 Å². The number of rotatable bonds is 4. The largest absolute Gasteiger partial charge is 0.426 e. The van der Waals surface area contributed by atoms with Gasteiger partial charge >= 0.3 is 5.97 Å². The van der Waals surface area contributed by atoms with E-state index in [0.29, 0.717) is 5.75 Å². The molecule has 1 aliphatic heterocycles. The summed E-state index contributed by atoms with van der Waals surface area (Å²) in [5.41, 5.74) is 0.196. The molecule has 124 valence electrons. The van der Waals surface area contributed by atoms with Gasteiger partial charge in [0.15, 0.2) is 0 Å². The minimum atomic E-state index is -0.600. The maximum absolute atomic E-state index is 13.8. The summed E-state index contributed by atoms with van der Waals surface area (Å²) in [5.74, 6) is -1.39. The zero-order chi connectivity index (χ0) is 17.1. The standard InChI is InChI=1S/C18H16FNO3S/c1-24-14-8-6-13(7-9-14)23-18(22)12-10-17(21)20(11-12)16-5-3-2-4-15(16)19/h2-9,12H,10-11H2,1H3. The highest BCUT2D eigenvalue weighted by molar-refractivity contribution is 7.98. The first-order chi connectivity index (χ1) is 11.6. The van der Waals surface area contributed by atoms with E-state index < -0.39 is 17.7 Å². The Morgan fingerprint density at radius 2 is 1.92 bits per heavy atom. The molecule has 0 saturated carbocycles. The van der Waals surface area contributed by atoms with Crippen LogP contribution in [0.15, 0.2) is 53.4 Å². The maximum atomic E-state index is 13.8. The number of anilines is 1. The average Bonchev–Trinajstić information content (AvgIpc) is 2.98. The van der Waals surface area contributed by atoms with E-state index >= 15 is 0 Å². The van der Waals surface area contributed by atoms with Crippen LogP contribution in [0.25, 0.3) is 0 Å². The highest BCUT2D eigenvalue weighted by atomic mass is 32.2. The minimum absolute atomic E-state index is 0.0239. The Morgan fingerprint density at radius 3 is 2.58 bits per heavy atom. The highest BCUT2D eigenvalue weighted by Gasteiger charge is 2.37. The molecule has 2 aromatic rings. The lowest BCUT2D eigenvalue weighted by Gasteiger charge is -2.17. The molecule has 0 bridgehead atoms. The highest BCUT2D eigenvalue weighted by Crippen LogP contribution is 2.28. The monoisotopic (exact) mass is 345 g/mol. The molecule has 1 aliphatic rings. The van der Waals surface area contributed by atoms with Gasteiger partial charge in [-0.15, -0.1) is 11.8 Å². The Kier molecular flexibility index (Phi) is 4.85. The van der Waals surface area contributed by atoms with Gasteiger partial charge in [0.25, 0.3) is 0 Å². The smallest absolute Gasteiger partial charge is 0.316 e. The molecule has 1 amide bonds. The van der Waals surface area contributed by atoms with E-state index in [1.165, 1.54) is 17.0 Å². The minimum Gasteiger partial charge on any atom is -0.426 e. The van der Waals surface area contributed by atoms with E-state index in [1.807, 2.05) is 18.4 Å². The van der Waals surface area contributed by atoms with Crippen LogP contribution >= 0.6 is 11.8 Å². The van der Waals surface area contributed by atoms with Crippen LogP contribution < -0.4 is 9.64 Å². The second kappa shape index (κ2) is 7.05. The summed E-state index contributed by atoms with van der Waals surface area (Å²) >= 11 is 1.59. The van der Waals surface area contributed by atoms with Crippen molar-refractivity contribution in [3.8, 4) is 5.75 Å². The second-order valence-corrected chi connectivity index (χ2v) is 6.33. The third-order valence-corrected chi connectivity index (χ3v) is 4.62. The van der Waals surface area contributed by atoms with E-state index in [-0.39, 0.29) is 24.6 Å². The SMILES string of the molecule is CSc1ccc(OC(=O)C2CC(=O)N(c3ccccc3F)C2)cc1. The molecule has 1 fully saturated rings. The Balaban J connectivity index is 1.68. The van der Waals surface area contributed by atoms with Crippen LogP contribution in [0.4, 0.5) is 10.1 Å². The topological polar surface area (TPSA) is 46.6 Å². The van der Waals surface area contributed by atoms with Crippen LogP contribution in [0.3, 0.4) is 0 Å². The molecule has 0 N–H and O–H groups in total. The van der Waals surface area contributed by atoms with Gasteiger partial charge in [-0.25, -0.2) is 4.39 Å². The number of thioether (sulfide) groups is 1. The number of nitrogens with zero attached hydrogens (tertiary/aromatic N) is 1. The number of carbonyl (C=O) groups is 2. The zero-order valence-corrected chi connectivity index (χ0v) is 13.9. The van der Waals surface area contributed by atoms with Crippen LogP contribution in [0, 0.1) is 11.7 Å². The molecule has 1 saturated heterocycles. The average molecular weight is 345 g/mol. The Hall–Kier alpha value is -2.34. The van der Waals surface area contributed by atoms with Gasteiger partial charge in [0.2, 0.25) is 5.91 Å². The first-order valence-electron chi connectivity index (χ1n) is 7.49. The summed E-state index contributed by atoms with van der Waals surface area (Å²) in [6.45, 7) is 0.126. The third-order valence-electron chi connectivity index (χ3n) is 3.88. The Bertz CT molecular complexity index is 763. The fourth-order valence-corrected chi connectivity index (χ4v) is 3.02. The lowest BCUT2D eigenvalue weighted by molar-refractivity contribution is -0.139. The van der Waals surface area contributed by atoms with Crippen molar-refractivity contribution in [3.05, 3.63) is 54.3 Å². The quantitative estimate of drug-likeness (QED) is 0.483. The number of para-hydroxylation sites is 1. The van der Waals surface area contributed by atoms with Gasteiger partial charge in [-0.2, -0.15) is 0 Å². The van der Waals surface area contributed by atoms with Gasteiger partial charge in [-0.1, -0.05) is 12.1 Å². The van der Waals surface area contributed by atoms with E-state index in [4.69, 9.17) is 4.74 Å². The molecule has 0 spiro atoms. The molecule has 2 aromatic carbocycles. The van der Waals surface area contributed by atoms with Gasteiger partial charge < -0.3 is 9.64 Å². The Morgan fingerprint density at radius 1 is 1.21 bits per heavy atom. The number of halogens is 1. The van der Waals surface area contributed by atoms with Gasteiger partial charge in [-0.3, -0.25) is 9.59 Å². The molecule has 0 radical (unpaired) electrons. The summed E-state index contributed by atoms with van der Waals surface area (Å²) in [6.07, 6.45) is 1.98. The molecule has 1 unspecified atom stereocenters. The van der Waals surface area contributed by atoms with Crippen LogP contribution in [0.2, 0.25) is 0 Å². The lowest BCUT2D eigenvalue weighted by Crippen LogP contribution is -2.28. The molecule has 0 aromatic heterocycles. The van der Waals surface area contributed by atoms with Crippen molar-refractivity contribution in [2.45, 2.75) is 11.3 Å². The summed E-state index contributed by atoms with van der Waals surface area (Å²) in [5, 5.41) is 0. The fraction of sp³-hybridized carbons (Fsp3) is 0.222. The predicted molar refractivity (Wildman–Crippen MR) is 90.7 cm³/mol. The van der Waals surface area contributed by atoms with Crippen molar-refractivity contribution in [2.75, 3.05) is 17.7 Å². The van der Waals surface area contributed by atoms with Crippen LogP contribution in [-0.4, -0.2) is 24.7 Å². The molecular weight excluding hydrogens is 329 g/mol. The fourth-order valence-electron chi connectivity index (χ4n) is 2.61. The summed E-state index contributed by atoms with van der Waals surface area (Å²) in [4.78, 5) is 26.8. The summed E-state index contributed by atoms with van der Waals surface area (Å²) in [6, 6.07) is 13.2. The molecule has 1 heterocycles. The number of amides is 1. The summed E-state index contributed by atoms with van der Waals surface area (Å²) in [7, 11) is 0.